The van der Waals surface area contributed by atoms with Crippen LogP contribution in [0.3, 0.4) is 0 Å². The van der Waals surface area contributed by atoms with E-state index in [4.69, 9.17) is 4.74 Å². The number of hydrogen-bond donors (Lipinski definition) is 2. The summed E-state index contributed by atoms with van der Waals surface area (Å²) >= 11 is 0. The average molecular weight is 293 g/mol. The van der Waals surface area contributed by atoms with Crippen LogP contribution in [0.1, 0.15) is 40.5 Å². The lowest BCUT2D eigenvalue weighted by atomic mass is 10.3. The molecule has 1 rings (SSSR count). The summed E-state index contributed by atoms with van der Waals surface area (Å²) in [5.74, 6) is 0.934. The van der Waals surface area contributed by atoms with E-state index in [2.05, 4.69) is 43.4 Å². The Morgan fingerprint density at radius 2 is 1.76 bits per heavy atom. The molecule has 0 radical (unpaired) electrons. The Morgan fingerprint density at radius 3 is 2.33 bits per heavy atom. The molecule has 1 aromatic carbocycles. The van der Waals surface area contributed by atoms with Crippen LogP contribution in [-0.2, 0) is 0 Å². The fourth-order valence-electron chi connectivity index (χ4n) is 1.96. The highest BCUT2D eigenvalue weighted by molar-refractivity contribution is 5.45. The van der Waals surface area contributed by atoms with Crippen molar-refractivity contribution in [2.24, 2.45) is 0 Å². The van der Waals surface area contributed by atoms with Gasteiger partial charge in [-0.25, -0.2) is 5.43 Å². The molecule has 0 fully saturated rings. The number of nitrogens with zero attached hydrogens (tertiary/aromatic N) is 1. The summed E-state index contributed by atoms with van der Waals surface area (Å²) in [4.78, 5) is 2.41. The van der Waals surface area contributed by atoms with Crippen LogP contribution in [0.2, 0.25) is 0 Å². The lowest BCUT2D eigenvalue weighted by Gasteiger charge is -2.17. The molecule has 120 valence electrons. The maximum absolute atomic E-state index is 5.77. The van der Waals surface area contributed by atoms with Gasteiger partial charge >= 0.3 is 0 Å². The van der Waals surface area contributed by atoms with Crippen molar-refractivity contribution in [1.82, 2.24) is 10.3 Å². The van der Waals surface area contributed by atoms with E-state index >= 15 is 0 Å². The van der Waals surface area contributed by atoms with Crippen LogP contribution in [0.15, 0.2) is 24.3 Å². The van der Waals surface area contributed by atoms with E-state index in [1.165, 1.54) is 0 Å². The van der Waals surface area contributed by atoms with Gasteiger partial charge in [0.05, 0.1) is 6.61 Å². The molecule has 0 saturated carbocycles. The second-order valence-electron chi connectivity index (χ2n) is 5.33. The molecule has 0 aliphatic carbocycles. The summed E-state index contributed by atoms with van der Waals surface area (Å²) in [6.45, 7) is 12.8. The molecule has 4 heteroatoms. The zero-order chi connectivity index (χ0) is 15.5. The Labute approximate surface area is 129 Å². The van der Waals surface area contributed by atoms with E-state index < -0.39 is 0 Å². The molecule has 4 nitrogen and oxygen atoms in total. The van der Waals surface area contributed by atoms with Crippen molar-refractivity contribution in [2.75, 3.05) is 31.7 Å². The minimum Gasteiger partial charge on any atom is -0.494 e. The molecule has 0 spiro atoms. The zero-order valence-electron chi connectivity index (χ0n) is 14.0. The molecule has 0 saturated heterocycles. The second-order valence-corrected chi connectivity index (χ2v) is 5.33. The van der Waals surface area contributed by atoms with E-state index in [0.29, 0.717) is 6.04 Å². The van der Waals surface area contributed by atoms with Gasteiger partial charge in [-0.1, -0.05) is 20.8 Å². The van der Waals surface area contributed by atoms with Crippen molar-refractivity contribution >= 4 is 5.69 Å². The van der Waals surface area contributed by atoms with Gasteiger partial charge in [-0.3, -0.25) is 0 Å². The van der Waals surface area contributed by atoms with Crippen molar-refractivity contribution in [3.8, 4) is 5.75 Å². The molecule has 1 atom stereocenters. The van der Waals surface area contributed by atoms with Gasteiger partial charge in [0.15, 0.2) is 0 Å². The summed E-state index contributed by atoms with van der Waals surface area (Å²) < 4.78 is 5.77. The van der Waals surface area contributed by atoms with Gasteiger partial charge in [-0.2, -0.15) is 0 Å². The van der Waals surface area contributed by atoms with Crippen LogP contribution < -0.4 is 15.6 Å². The minimum absolute atomic E-state index is 0.459. The maximum atomic E-state index is 5.77. The topological polar surface area (TPSA) is 36.5 Å². The summed E-state index contributed by atoms with van der Waals surface area (Å²) in [7, 11) is 0. The van der Waals surface area contributed by atoms with Gasteiger partial charge in [0, 0.05) is 18.3 Å². The highest BCUT2D eigenvalue weighted by Crippen LogP contribution is 2.15. The molecule has 0 aliphatic heterocycles. The fourth-order valence-corrected chi connectivity index (χ4v) is 1.96. The van der Waals surface area contributed by atoms with Crippen molar-refractivity contribution < 1.29 is 4.74 Å². The number of ether oxygens (including phenoxy) is 1. The van der Waals surface area contributed by atoms with Crippen molar-refractivity contribution in [2.45, 2.75) is 46.6 Å². The summed E-state index contributed by atoms with van der Waals surface area (Å²) in [5.41, 5.74) is 7.52. The second kappa shape index (κ2) is 10.5. The van der Waals surface area contributed by atoms with Gasteiger partial charge in [0.25, 0.3) is 0 Å². The van der Waals surface area contributed by atoms with E-state index in [9.17, 15) is 0 Å². The SMILES string of the molecule is CCC(C)NNc1ccc(OCCCN(CC)CC)cc1. The quantitative estimate of drug-likeness (QED) is 0.483. The number of benzene rings is 1. The standard InChI is InChI=1S/C17H31N3O/c1-5-15(4)18-19-16-9-11-17(12-10-16)21-14-8-13-20(6-2)7-3/h9-12,15,18-19H,5-8,13-14H2,1-4H3. The monoisotopic (exact) mass is 293 g/mol. The van der Waals surface area contributed by atoms with Gasteiger partial charge in [0.2, 0.25) is 0 Å². The Morgan fingerprint density at radius 1 is 1.10 bits per heavy atom. The van der Waals surface area contributed by atoms with Gasteiger partial charge < -0.3 is 15.1 Å². The van der Waals surface area contributed by atoms with Crippen molar-refractivity contribution in [1.29, 1.82) is 0 Å². The third-order valence-corrected chi connectivity index (χ3v) is 3.71. The number of hydrogen-bond acceptors (Lipinski definition) is 4. The van der Waals surface area contributed by atoms with E-state index in [-0.39, 0.29) is 0 Å². The summed E-state index contributed by atoms with van der Waals surface area (Å²) in [6, 6.07) is 8.56. The Hall–Kier alpha value is -1.26. The molecule has 0 bridgehead atoms. The highest BCUT2D eigenvalue weighted by atomic mass is 16.5. The van der Waals surface area contributed by atoms with Gasteiger partial charge in [-0.05, 0) is 57.1 Å². The van der Waals surface area contributed by atoms with Crippen LogP contribution >= 0.6 is 0 Å². The van der Waals surface area contributed by atoms with Crippen molar-refractivity contribution in [3.63, 3.8) is 0 Å². The van der Waals surface area contributed by atoms with E-state index in [1.807, 2.05) is 24.3 Å². The third-order valence-electron chi connectivity index (χ3n) is 3.71. The third kappa shape index (κ3) is 7.34. The molecular weight excluding hydrogens is 262 g/mol. The molecule has 0 aromatic heterocycles. The zero-order valence-corrected chi connectivity index (χ0v) is 14.0. The molecular formula is C17H31N3O. The Kier molecular flexibility index (Phi) is 8.87. The lowest BCUT2D eigenvalue weighted by molar-refractivity contribution is 0.249. The average Bonchev–Trinajstić information content (AvgIpc) is 2.53. The first-order valence-corrected chi connectivity index (χ1v) is 8.16. The van der Waals surface area contributed by atoms with Gasteiger partial charge in [0.1, 0.15) is 5.75 Å². The van der Waals surface area contributed by atoms with Crippen molar-refractivity contribution in [3.05, 3.63) is 24.3 Å². The molecule has 0 heterocycles. The Balaban J connectivity index is 2.24. The molecule has 0 aliphatic rings. The molecule has 1 unspecified atom stereocenters. The van der Waals surface area contributed by atoms with E-state index in [0.717, 1.165) is 50.5 Å². The molecule has 21 heavy (non-hydrogen) atoms. The van der Waals surface area contributed by atoms with Crippen LogP contribution in [0.25, 0.3) is 0 Å². The maximum Gasteiger partial charge on any atom is 0.119 e. The molecule has 1 aromatic rings. The van der Waals surface area contributed by atoms with Crippen LogP contribution in [0, 0.1) is 0 Å². The first-order valence-electron chi connectivity index (χ1n) is 8.16. The number of nitrogens with one attached hydrogen (secondary N) is 2. The number of rotatable bonds is 11. The first-order chi connectivity index (χ1) is 10.2. The first kappa shape index (κ1) is 17.8. The lowest BCUT2D eigenvalue weighted by Crippen LogP contribution is -2.30. The fraction of sp³-hybridized carbons (Fsp3) is 0.647. The van der Waals surface area contributed by atoms with Crippen LogP contribution in [0.4, 0.5) is 5.69 Å². The minimum atomic E-state index is 0.459. The molecule has 0 amide bonds. The number of hydrazine groups is 1. The smallest absolute Gasteiger partial charge is 0.119 e. The predicted molar refractivity (Wildman–Crippen MR) is 90.9 cm³/mol. The number of anilines is 1. The molecule has 2 N–H and O–H groups in total. The summed E-state index contributed by atoms with van der Waals surface area (Å²) in [5, 5.41) is 0. The van der Waals surface area contributed by atoms with Gasteiger partial charge in [-0.15, -0.1) is 0 Å². The van der Waals surface area contributed by atoms with E-state index in [1.54, 1.807) is 0 Å². The summed E-state index contributed by atoms with van der Waals surface area (Å²) in [6.07, 6.45) is 2.16. The predicted octanol–water partition coefficient (Wildman–Crippen LogP) is 3.51. The normalized spacial score (nSPS) is 12.4. The highest BCUT2D eigenvalue weighted by Gasteiger charge is 2.00. The van der Waals surface area contributed by atoms with Crippen LogP contribution in [0.5, 0.6) is 5.75 Å². The van der Waals surface area contributed by atoms with Crippen LogP contribution in [-0.4, -0.2) is 37.2 Å². The Bertz CT molecular complexity index is 363. The largest absolute Gasteiger partial charge is 0.494 e.